The fraction of sp³-hybridized carbons (Fsp3) is 0.467. The Balaban J connectivity index is 2.70. The largest absolute Gasteiger partial charge is 0.325 e. The fourth-order valence-corrected chi connectivity index (χ4v) is 3.02. The highest BCUT2D eigenvalue weighted by Gasteiger charge is 2.26. The van der Waals surface area contributed by atoms with Crippen molar-refractivity contribution in [3.05, 3.63) is 29.8 Å². The lowest BCUT2D eigenvalue weighted by molar-refractivity contribution is -0.115. The van der Waals surface area contributed by atoms with Gasteiger partial charge in [0.15, 0.2) is 0 Å². The number of carbonyl (C=O) groups excluding carboxylic acids is 1. The molecule has 0 saturated carbocycles. The Kier molecular flexibility index (Phi) is 5.90. The quantitative estimate of drug-likeness (QED) is 0.907. The van der Waals surface area contributed by atoms with Crippen molar-refractivity contribution in [2.45, 2.75) is 38.2 Å². The second-order valence-corrected chi connectivity index (χ2v) is 7.21. The summed E-state index contributed by atoms with van der Waals surface area (Å²) >= 11 is 0. The van der Waals surface area contributed by atoms with Crippen LogP contribution in [-0.4, -0.2) is 20.6 Å². The van der Waals surface area contributed by atoms with Crippen molar-refractivity contribution in [3.63, 3.8) is 0 Å². The highest BCUT2D eigenvalue weighted by molar-refractivity contribution is 7.87. The molecule has 0 fully saturated rings. The third-order valence-electron chi connectivity index (χ3n) is 3.30. The first-order valence-corrected chi connectivity index (χ1v) is 7.84. The monoisotopic (exact) mass is 292 g/mol. The summed E-state index contributed by atoms with van der Waals surface area (Å²) in [5.41, 5.74) is 1.14. The summed E-state index contributed by atoms with van der Waals surface area (Å²) in [5.74, 6) is 0.00142. The minimum Gasteiger partial charge on any atom is -0.325 e. The van der Waals surface area contributed by atoms with Gasteiger partial charge in [-0.15, -0.1) is 0 Å². The number of rotatable bonds is 5. The summed E-state index contributed by atoms with van der Waals surface area (Å²) in [7, 11) is -1.21. The number of benzene rings is 1. The van der Waals surface area contributed by atoms with E-state index in [1.165, 1.54) is 0 Å². The van der Waals surface area contributed by atoms with Crippen LogP contribution in [0.3, 0.4) is 0 Å². The van der Waals surface area contributed by atoms with Crippen molar-refractivity contribution in [3.8, 4) is 6.07 Å². The molecule has 3 atom stereocenters. The average molecular weight is 292 g/mol. The lowest BCUT2D eigenvalue weighted by Gasteiger charge is -2.19. The van der Waals surface area contributed by atoms with Crippen LogP contribution < -0.4 is 5.32 Å². The highest BCUT2D eigenvalue weighted by atomic mass is 32.2. The Hall–Kier alpha value is -1.67. The van der Waals surface area contributed by atoms with E-state index in [0.717, 1.165) is 0 Å². The van der Waals surface area contributed by atoms with Gasteiger partial charge in [-0.25, -0.2) is 0 Å². The molecular weight excluding hydrogens is 272 g/mol. The molecule has 108 valence electrons. The second-order valence-electron chi connectivity index (χ2n) is 5.10. The summed E-state index contributed by atoms with van der Waals surface area (Å²) in [5, 5.41) is 10.8. The first-order valence-electron chi connectivity index (χ1n) is 6.57. The minimum atomic E-state index is -1.21. The maximum Gasteiger partial charge on any atom is 0.239 e. The van der Waals surface area contributed by atoms with Crippen LogP contribution in [0.4, 0.5) is 5.69 Å². The number of nitrogens with zero attached hydrogens (tertiary/aromatic N) is 1. The molecule has 1 aromatic rings. The Morgan fingerprint density at radius 1 is 1.20 bits per heavy atom. The Bertz CT molecular complexity index is 532. The van der Waals surface area contributed by atoms with Crippen molar-refractivity contribution in [2.24, 2.45) is 5.92 Å². The minimum absolute atomic E-state index is 0.0308. The molecular formula is C15H20N2O2S. The third-order valence-corrected chi connectivity index (χ3v) is 5.49. The zero-order chi connectivity index (χ0) is 15.3. The van der Waals surface area contributed by atoms with Gasteiger partial charge in [-0.2, -0.15) is 5.26 Å². The maximum absolute atomic E-state index is 12.2. The molecule has 0 radical (unpaired) electrons. The number of nitrogens with one attached hydrogen (secondary N) is 1. The molecule has 0 heterocycles. The van der Waals surface area contributed by atoms with E-state index in [0.29, 0.717) is 11.3 Å². The molecule has 1 rings (SSSR count). The van der Waals surface area contributed by atoms with Crippen molar-refractivity contribution in [1.82, 2.24) is 0 Å². The van der Waals surface area contributed by atoms with Crippen LogP contribution in [0, 0.1) is 17.2 Å². The van der Waals surface area contributed by atoms with Crippen LogP contribution in [0.25, 0.3) is 0 Å². The zero-order valence-electron chi connectivity index (χ0n) is 12.2. The summed E-state index contributed by atoms with van der Waals surface area (Å²) < 4.78 is 12.2. The lowest BCUT2D eigenvalue weighted by atomic mass is 10.2. The van der Waals surface area contributed by atoms with Crippen molar-refractivity contribution < 1.29 is 9.00 Å². The van der Waals surface area contributed by atoms with Gasteiger partial charge in [-0.05, 0) is 37.1 Å². The standard InChI is InChI=1S/C15H20N2O2S/c1-10(2)11(3)20(19)12(4)15(18)17-14-7-5-13(9-16)6-8-14/h5-8,10-12H,1-4H3,(H,17,18). The highest BCUT2D eigenvalue weighted by Crippen LogP contribution is 2.15. The molecule has 4 nitrogen and oxygen atoms in total. The smallest absolute Gasteiger partial charge is 0.239 e. The number of anilines is 1. The van der Waals surface area contributed by atoms with Gasteiger partial charge in [0.2, 0.25) is 5.91 Å². The Morgan fingerprint density at radius 3 is 2.20 bits per heavy atom. The third kappa shape index (κ3) is 4.17. The molecule has 0 aliphatic rings. The van der Waals surface area contributed by atoms with Gasteiger partial charge in [0.25, 0.3) is 0 Å². The molecule has 1 aromatic carbocycles. The predicted molar refractivity (Wildman–Crippen MR) is 81.7 cm³/mol. The fourth-order valence-electron chi connectivity index (χ4n) is 1.57. The number of nitriles is 1. The van der Waals surface area contributed by atoms with Crippen LogP contribution in [0.15, 0.2) is 24.3 Å². The molecule has 0 aliphatic heterocycles. The zero-order valence-corrected chi connectivity index (χ0v) is 13.0. The first kappa shape index (κ1) is 16.4. The van der Waals surface area contributed by atoms with Gasteiger partial charge >= 0.3 is 0 Å². The van der Waals surface area contributed by atoms with Crippen LogP contribution in [0.2, 0.25) is 0 Å². The summed E-state index contributed by atoms with van der Waals surface area (Å²) in [6.45, 7) is 7.56. The SMILES string of the molecule is CC(C)C(C)S(=O)C(C)C(=O)Nc1ccc(C#N)cc1. The van der Waals surface area contributed by atoms with Crippen molar-refractivity contribution >= 4 is 22.4 Å². The number of hydrogen-bond donors (Lipinski definition) is 1. The van der Waals surface area contributed by atoms with E-state index in [4.69, 9.17) is 5.26 Å². The molecule has 5 heteroatoms. The van der Waals surface area contributed by atoms with Gasteiger partial charge < -0.3 is 5.32 Å². The maximum atomic E-state index is 12.2. The van der Waals surface area contributed by atoms with Gasteiger partial charge in [0.05, 0.1) is 11.6 Å². The molecule has 1 N–H and O–H groups in total. The summed E-state index contributed by atoms with van der Waals surface area (Å²) in [4.78, 5) is 12.1. The number of carbonyl (C=O) groups is 1. The van der Waals surface area contributed by atoms with Crippen molar-refractivity contribution in [1.29, 1.82) is 5.26 Å². The number of hydrogen-bond acceptors (Lipinski definition) is 3. The van der Waals surface area contributed by atoms with E-state index >= 15 is 0 Å². The van der Waals surface area contributed by atoms with Crippen LogP contribution in [0.1, 0.15) is 33.3 Å². The van der Waals surface area contributed by atoms with E-state index < -0.39 is 16.0 Å². The van der Waals surface area contributed by atoms with Crippen molar-refractivity contribution in [2.75, 3.05) is 5.32 Å². The first-order chi connectivity index (χ1) is 9.36. The summed E-state index contributed by atoms with van der Waals surface area (Å²) in [6, 6.07) is 8.61. The van der Waals surface area contributed by atoms with E-state index in [-0.39, 0.29) is 17.1 Å². The van der Waals surface area contributed by atoms with Gasteiger partial charge in [-0.1, -0.05) is 20.8 Å². The molecule has 0 aliphatic carbocycles. The molecule has 1 amide bonds. The second kappa shape index (κ2) is 7.20. The normalized spacial score (nSPS) is 15.2. The van der Waals surface area contributed by atoms with Crippen LogP contribution in [0.5, 0.6) is 0 Å². The Labute approximate surface area is 122 Å². The van der Waals surface area contributed by atoms with E-state index in [9.17, 15) is 9.00 Å². The van der Waals surface area contributed by atoms with E-state index in [2.05, 4.69) is 5.32 Å². The summed E-state index contributed by atoms with van der Waals surface area (Å²) in [6.07, 6.45) is 0. The molecule has 0 saturated heterocycles. The topological polar surface area (TPSA) is 70.0 Å². The predicted octanol–water partition coefficient (Wildman–Crippen LogP) is 2.68. The van der Waals surface area contributed by atoms with Gasteiger partial charge in [-0.3, -0.25) is 9.00 Å². The van der Waals surface area contributed by atoms with Gasteiger partial charge in [0, 0.05) is 21.7 Å². The number of amides is 1. The van der Waals surface area contributed by atoms with Crippen LogP contribution >= 0.6 is 0 Å². The molecule has 0 spiro atoms. The van der Waals surface area contributed by atoms with E-state index in [1.54, 1.807) is 31.2 Å². The molecule has 20 heavy (non-hydrogen) atoms. The molecule has 3 unspecified atom stereocenters. The molecule has 0 bridgehead atoms. The molecule has 0 aromatic heterocycles. The van der Waals surface area contributed by atoms with E-state index in [1.807, 2.05) is 26.8 Å². The Morgan fingerprint density at radius 2 is 1.75 bits per heavy atom. The lowest BCUT2D eigenvalue weighted by Crippen LogP contribution is -2.35. The van der Waals surface area contributed by atoms with Gasteiger partial charge in [0.1, 0.15) is 5.25 Å². The van der Waals surface area contributed by atoms with Crippen LogP contribution in [-0.2, 0) is 15.6 Å². The average Bonchev–Trinajstić information content (AvgIpc) is 2.45.